The molecule has 2 aromatic rings. The molecule has 0 bridgehead atoms. The summed E-state index contributed by atoms with van der Waals surface area (Å²) >= 11 is 3.19. The second-order valence-corrected chi connectivity index (χ2v) is 4.07. The van der Waals surface area contributed by atoms with E-state index in [4.69, 9.17) is 0 Å². The highest BCUT2D eigenvalue weighted by Crippen LogP contribution is 2.27. The van der Waals surface area contributed by atoms with Gasteiger partial charge in [0.1, 0.15) is 0 Å². The Labute approximate surface area is 96.6 Å². The molecule has 0 fully saturated rings. The van der Waals surface area contributed by atoms with E-state index in [1.807, 2.05) is 0 Å². The second-order valence-electron chi connectivity index (χ2n) is 3.21. The van der Waals surface area contributed by atoms with E-state index in [1.165, 1.54) is 6.07 Å². The molecular formula is C10H5BrF3NO. The predicted molar refractivity (Wildman–Crippen MR) is 56.4 cm³/mol. The molecule has 0 saturated heterocycles. The van der Waals surface area contributed by atoms with Gasteiger partial charge in [0.05, 0.1) is 11.2 Å². The molecule has 0 spiro atoms. The van der Waals surface area contributed by atoms with Crippen molar-refractivity contribution in [3.05, 3.63) is 34.4 Å². The highest BCUT2D eigenvalue weighted by molar-refractivity contribution is 9.10. The third-order valence-electron chi connectivity index (χ3n) is 2.11. The first-order chi connectivity index (χ1) is 7.39. The Bertz CT molecular complexity index is 559. The van der Waals surface area contributed by atoms with Gasteiger partial charge in [0.2, 0.25) is 0 Å². The van der Waals surface area contributed by atoms with E-state index in [2.05, 4.69) is 20.9 Å². The molecule has 1 aromatic carbocycles. The molecule has 0 radical (unpaired) electrons. The van der Waals surface area contributed by atoms with Crippen molar-refractivity contribution in [2.75, 3.05) is 0 Å². The lowest BCUT2D eigenvalue weighted by atomic mass is 10.2. The molecule has 2 nitrogen and oxygen atoms in total. The van der Waals surface area contributed by atoms with Crippen molar-refractivity contribution in [2.45, 2.75) is 6.18 Å². The molecule has 0 aliphatic rings. The van der Waals surface area contributed by atoms with Crippen LogP contribution in [0.2, 0.25) is 0 Å². The van der Waals surface area contributed by atoms with Crippen molar-refractivity contribution < 1.29 is 18.0 Å². The van der Waals surface area contributed by atoms with Gasteiger partial charge in [-0.15, -0.1) is 0 Å². The third kappa shape index (κ3) is 1.84. The largest absolute Gasteiger partial charge is 0.456 e. The molecule has 0 aliphatic carbocycles. The van der Waals surface area contributed by atoms with E-state index in [1.54, 1.807) is 18.2 Å². The Hall–Kier alpha value is -1.30. The summed E-state index contributed by atoms with van der Waals surface area (Å²) in [5.74, 6) is -1.87. The topological polar surface area (TPSA) is 32.9 Å². The van der Waals surface area contributed by atoms with Gasteiger partial charge in [-0.05, 0) is 28.1 Å². The minimum Gasteiger partial charge on any atom is -0.351 e. The van der Waals surface area contributed by atoms with Gasteiger partial charge < -0.3 is 4.98 Å². The Morgan fingerprint density at radius 3 is 2.56 bits per heavy atom. The first kappa shape index (κ1) is 11.2. The number of benzene rings is 1. The number of aromatic nitrogens is 1. The second kappa shape index (κ2) is 3.62. The van der Waals surface area contributed by atoms with E-state index >= 15 is 0 Å². The highest BCUT2D eigenvalue weighted by Gasteiger charge is 2.40. The van der Waals surface area contributed by atoms with Crippen molar-refractivity contribution in [3.8, 4) is 0 Å². The van der Waals surface area contributed by atoms with Crippen molar-refractivity contribution >= 4 is 32.6 Å². The maximum absolute atomic E-state index is 12.2. The molecule has 1 aromatic heterocycles. The molecule has 2 rings (SSSR count). The zero-order valence-corrected chi connectivity index (χ0v) is 9.32. The summed E-state index contributed by atoms with van der Waals surface area (Å²) in [6.45, 7) is 0. The lowest BCUT2D eigenvalue weighted by Gasteiger charge is -2.01. The SMILES string of the molecule is O=C(c1cc2cccc(Br)c2[nH]1)C(F)(F)F. The lowest BCUT2D eigenvalue weighted by Crippen LogP contribution is -2.22. The molecule has 0 unspecified atom stereocenters. The summed E-state index contributed by atoms with van der Waals surface area (Å²) < 4.78 is 37.2. The van der Waals surface area contributed by atoms with E-state index in [0.717, 1.165) is 0 Å². The first-order valence-corrected chi connectivity index (χ1v) is 5.07. The van der Waals surface area contributed by atoms with Gasteiger partial charge in [-0.3, -0.25) is 4.79 Å². The van der Waals surface area contributed by atoms with Crippen LogP contribution < -0.4 is 0 Å². The van der Waals surface area contributed by atoms with Gasteiger partial charge in [0, 0.05) is 9.86 Å². The number of rotatable bonds is 1. The van der Waals surface area contributed by atoms with Crippen molar-refractivity contribution in [1.29, 1.82) is 0 Å². The van der Waals surface area contributed by atoms with Crippen molar-refractivity contribution in [2.24, 2.45) is 0 Å². The average Bonchev–Trinajstić information content (AvgIpc) is 2.60. The van der Waals surface area contributed by atoms with Crippen LogP contribution in [-0.2, 0) is 0 Å². The number of para-hydroxylation sites is 1. The van der Waals surface area contributed by atoms with Crippen LogP contribution >= 0.6 is 15.9 Å². The summed E-state index contributed by atoms with van der Waals surface area (Å²) in [6, 6.07) is 6.18. The number of aromatic amines is 1. The first-order valence-electron chi connectivity index (χ1n) is 4.28. The van der Waals surface area contributed by atoms with Gasteiger partial charge in [0.15, 0.2) is 0 Å². The Morgan fingerprint density at radius 2 is 2.00 bits per heavy atom. The van der Waals surface area contributed by atoms with Crippen LogP contribution in [0, 0.1) is 0 Å². The minimum absolute atomic E-state index is 0.450. The normalized spacial score (nSPS) is 12.0. The summed E-state index contributed by atoms with van der Waals surface area (Å²) in [5, 5.41) is 0.557. The maximum atomic E-state index is 12.2. The molecule has 6 heteroatoms. The average molecular weight is 292 g/mol. The molecule has 1 heterocycles. The molecule has 0 saturated carbocycles. The number of hydrogen-bond acceptors (Lipinski definition) is 1. The fourth-order valence-electron chi connectivity index (χ4n) is 1.39. The van der Waals surface area contributed by atoms with Crippen LogP contribution in [0.3, 0.4) is 0 Å². The van der Waals surface area contributed by atoms with Gasteiger partial charge in [-0.2, -0.15) is 13.2 Å². The number of hydrogen-bond donors (Lipinski definition) is 1. The highest BCUT2D eigenvalue weighted by atomic mass is 79.9. The van der Waals surface area contributed by atoms with Gasteiger partial charge in [-0.1, -0.05) is 12.1 Å². The van der Waals surface area contributed by atoms with Gasteiger partial charge in [-0.25, -0.2) is 0 Å². The number of Topliss-reactive ketones (excluding diaryl/α,β-unsaturated/α-hetero) is 1. The number of fused-ring (bicyclic) bond motifs is 1. The number of halogens is 4. The van der Waals surface area contributed by atoms with Crippen molar-refractivity contribution in [1.82, 2.24) is 4.98 Å². The summed E-state index contributed by atoms with van der Waals surface area (Å²) in [5.41, 5.74) is 0.0319. The summed E-state index contributed by atoms with van der Waals surface area (Å²) in [7, 11) is 0. The number of ketones is 1. The van der Waals surface area contributed by atoms with Crippen molar-refractivity contribution in [3.63, 3.8) is 0 Å². The lowest BCUT2D eigenvalue weighted by molar-refractivity contribution is -0.0887. The standard InChI is InChI=1S/C10H5BrF3NO/c11-6-3-1-2-5-4-7(15-8(5)6)9(16)10(12,13)14/h1-4,15H. The molecular weight excluding hydrogens is 287 g/mol. The number of alkyl halides is 3. The number of nitrogens with one attached hydrogen (secondary N) is 1. The smallest absolute Gasteiger partial charge is 0.351 e. The molecule has 0 aliphatic heterocycles. The Balaban J connectivity index is 2.56. The van der Waals surface area contributed by atoms with Crippen LogP contribution in [0.15, 0.2) is 28.7 Å². The van der Waals surface area contributed by atoms with Crippen LogP contribution in [0.1, 0.15) is 10.5 Å². The fourth-order valence-corrected chi connectivity index (χ4v) is 1.87. The van der Waals surface area contributed by atoms with Crippen LogP contribution in [0.25, 0.3) is 10.9 Å². The number of carbonyl (C=O) groups excluding carboxylic acids is 1. The monoisotopic (exact) mass is 291 g/mol. The molecule has 1 N–H and O–H groups in total. The fraction of sp³-hybridized carbons (Fsp3) is 0.100. The van der Waals surface area contributed by atoms with E-state index in [0.29, 0.717) is 15.4 Å². The number of carbonyl (C=O) groups is 1. The molecule has 0 atom stereocenters. The summed E-state index contributed by atoms with van der Waals surface area (Å²) in [4.78, 5) is 13.4. The zero-order chi connectivity index (χ0) is 11.9. The van der Waals surface area contributed by atoms with Gasteiger partial charge in [0.25, 0.3) is 5.78 Å². The molecule has 0 amide bonds. The molecule has 84 valence electrons. The van der Waals surface area contributed by atoms with Crippen LogP contribution in [-0.4, -0.2) is 16.9 Å². The van der Waals surface area contributed by atoms with E-state index in [9.17, 15) is 18.0 Å². The van der Waals surface area contributed by atoms with Gasteiger partial charge >= 0.3 is 6.18 Å². The maximum Gasteiger partial charge on any atom is 0.456 e. The number of H-pyrrole nitrogens is 1. The van der Waals surface area contributed by atoms with Crippen LogP contribution in [0.5, 0.6) is 0 Å². The minimum atomic E-state index is -4.85. The zero-order valence-electron chi connectivity index (χ0n) is 7.73. The van der Waals surface area contributed by atoms with E-state index in [-0.39, 0.29) is 0 Å². The molecule has 16 heavy (non-hydrogen) atoms. The third-order valence-corrected chi connectivity index (χ3v) is 2.77. The van der Waals surface area contributed by atoms with E-state index < -0.39 is 17.7 Å². The Morgan fingerprint density at radius 1 is 1.31 bits per heavy atom. The van der Waals surface area contributed by atoms with Crippen LogP contribution in [0.4, 0.5) is 13.2 Å². The Kier molecular flexibility index (Phi) is 2.53. The quantitative estimate of drug-likeness (QED) is 0.799. The predicted octanol–water partition coefficient (Wildman–Crippen LogP) is 3.68. The summed E-state index contributed by atoms with van der Waals surface area (Å²) in [6.07, 6.45) is -4.85.